The van der Waals surface area contributed by atoms with Crippen molar-refractivity contribution in [2.45, 2.75) is 25.5 Å². The van der Waals surface area contributed by atoms with Crippen LogP contribution in [0.4, 0.5) is 4.39 Å². The van der Waals surface area contributed by atoms with Crippen molar-refractivity contribution in [1.29, 1.82) is 0 Å². The Balaban J connectivity index is 1.66. The van der Waals surface area contributed by atoms with Crippen LogP contribution in [0.2, 0.25) is 0 Å². The van der Waals surface area contributed by atoms with E-state index in [1.54, 1.807) is 22.9 Å². The van der Waals surface area contributed by atoms with Crippen molar-refractivity contribution in [2.24, 2.45) is 0 Å². The molecule has 9 heteroatoms. The average molecular weight is 430 g/mol. The Labute approximate surface area is 181 Å². The number of hydrogen-bond acceptors (Lipinski definition) is 5. The van der Waals surface area contributed by atoms with Crippen molar-refractivity contribution < 1.29 is 9.13 Å². The van der Waals surface area contributed by atoms with Gasteiger partial charge in [0.2, 0.25) is 0 Å². The molecule has 160 valence electrons. The second-order valence-corrected chi connectivity index (χ2v) is 7.92. The van der Waals surface area contributed by atoms with Gasteiger partial charge in [-0.25, -0.2) is 14.1 Å². The van der Waals surface area contributed by atoms with Crippen LogP contribution in [-0.2, 0) is 4.74 Å². The molecule has 5 aromatic rings. The molecule has 0 bridgehead atoms. The summed E-state index contributed by atoms with van der Waals surface area (Å²) in [5.74, 6) is -0.387. The molecule has 0 saturated carbocycles. The van der Waals surface area contributed by atoms with Crippen LogP contribution < -0.4 is 5.56 Å². The molecule has 4 heterocycles. The monoisotopic (exact) mass is 430 g/mol. The summed E-state index contributed by atoms with van der Waals surface area (Å²) < 4.78 is 24.7. The zero-order valence-corrected chi connectivity index (χ0v) is 17.2. The lowest BCUT2D eigenvalue weighted by molar-refractivity contribution is 0.108. The van der Waals surface area contributed by atoms with E-state index in [0.717, 1.165) is 17.5 Å². The third-order valence-corrected chi connectivity index (χ3v) is 6.10. The van der Waals surface area contributed by atoms with Crippen LogP contribution in [0, 0.1) is 5.82 Å². The third-order valence-electron chi connectivity index (χ3n) is 6.10. The van der Waals surface area contributed by atoms with E-state index in [1.807, 2.05) is 35.8 Å². The van der Waals surface area contributed by atoms with Crippen molar-refractivity contribution in [2.75, 3.05) is 6.61 Å². The Bertz CT molecular complexity index is 1530. The van der Waals surface area contributed by atoms with Gasteiger partial charge in [-0.05, 0) is 43.7 Å². The highest BCUT2D eigenvalue weighted by molar-refractivity contribution is 5.84. The highest BCUT2D eigenvalue weighted by Crippen LogP contribution is 2.30. The SMILES string of the molecule is CC1OCCC1n1c(=O)c2c(-c3cnnn3-c3cccc(F)c3)ncn2c2ccccc21. The standard InChI is InChI=1S/C23H19FN6O2/c1-14-17(9-10-32-14)29-19-8-3-2-7-18(19)28-13-25-21(22(28)23(29)31)20-12-26-27-30(20)16-6-4-5-15(24)11-16/h2-8,11-14,17H,9-10H2,1H3. The van der Waals surface area contributed by atoms with Crippen molar-refractivity contribution >= 4 is 16.6 Å². The normalized spacial score (nSPS) is 18.7. The molecule has 0 amide bonds. The van der Waals surface area contributed by atoms with E-state index >= 15 is 0 Å². The molecule has 0 radical (unpaired) electrons. The number of imidazole rings is 1. The van der Waals surface area contributed by atoms with Gasteiger partial charge in [0.15, 0.2) is 0 Å². The Morgan fingerprint density at radius 2 is 1.97 bits per heavy atom. The molecule has 1 aliphatic rings. The summed E-state index contributed by atoms with van der Waals surface area (Å²) in [4.78, 5) is 18.5. The summed E-state index contributed by atoms with van der Waals surface area (Å²) in [5.41, 5.74) is 3.40. The van der Waals surface area contributed by atoms with E-state index in [1.165, 1.54) is 23.0 Å². The van der Waals surface area contributed by atoms with Crippen LogP contribution in [0.5, 0.6) is 0 Å². The van der Waals surface area contributed by atoms with Crippen molar-refractivity contribution in [3.05, 3.63) is 77.2 Å². The van der Waals surface area contributed by atoms with Gasteiger partial charge < -0.3 is 4.74 Å². The van der Waals surface area contributed by atoms with Crippen molar-refractivity contribution in [3.8, 4) is 17.1 Å². The summed E-state index contributed by atoms with van der Waals surface area (Å²) in [7, 11) is 0. The van der Waals surface area contributed by atoms with Gasteiger partial charge in [-0.2, -0.15) is 0 Å². The smallest absolute Gasteiger partial charge is 0.278 e. The molecule has 1 aliphatic heterocycles. The number of hydrogen-bond donors (Lipinski definition) is 0. The third kappa shape index (κ3) is 2.71. The maximum Gasteiger partial charge on any atom is 0.278 e. The van der Waals surface area contributed by atoms with Crippen LogP contribution >= 0.6 is 0 Å². The number of para-hydroxylation sites is 2. The number of nitrogens with zero attached hydrogens (tertiary/aromatic N) is 6. The molecular formula is C23H19FN6O2. The maximum absolute atomic E-state index is 13.9. The predicted octanol–water partition coefficient (Wildman–Crippen LogP) is 3.39. The first-order valence-electron chi connectivity index (χ1n) is 10.4. The number of ether oxygens (including phenoxy) is 1. The zero-order valence-electron chi connectivity index (χ0n) is 17.2. The summed E-state index contributed by atoms with van der Waals surface area (Å²) in [6.45, 7) is 2.60. The lowest BCUT2D eigenvalue weighted by Crippen LogP contribution is -2.30. The van der Waals surface area contributed by atoms with Gasteiger partial charge in [0.05, 0.1) is 35.1 Å². The van der Waals surface area contributed by atoms with Crippen LogP contribution in [0.15, 0.2) is 65.8 Å². The Morgan fingerprint density at radius 3 is 2.75 bits per heavy atom. The van der Waals surface area contributed by atoms with Crippen molar-refractivity contribution in [3.63, 3.8) is 0 Å². The molecule has 0 N–H and O–H groups in total. The van der Waals surface area contributed by atoms with E-state index in [-0.39, 0.29) is 23.5 Å². The summed E-state index contributed by atoms with van der Waals surface area (Å²) in [6, 6.07) is 13.7. The minimum Gasteiger partial charge on any atom is -0.376 e. The number of aromatic nitrogens is 6. The first kappa shape index (κ1) is 18.9. The summed E-state index contributed by atoms with van der Waals surface area (Å²) in [5, 5.41) is 8.12. The number of benzene rings is 2. The van der Waals surface area contributed by atoms with Gasteiger partial charge in [0, 0.05) is 6.61 Å². The number of rotatable bonds is 3. The molecule has 2 atom stereocenters. The lowest BCUT2D eigenvalue weighted by atomic mass is 10.1. The molecule has 0 aliphatic carbocycles. The second-order valence-electron chi connectivity index (χ2n) is 7.92. The van der Waals surface area contributed by atoms with Crippen LogP contribution in [-0.4, -0.2) is 41.7 Å². The molecule has 32 heavy (non-hydrogen) atoms. The molecule has 8 nitrogen and oxygen atoms in total. The number of fused-ring (bicyclic) bond motifs is 3. The van der Waals surface area contributed by atoms with E-state index in [0.29, 0.717) is 29.2 Å². The molecule has 2 unspecified atom stereocenters. The molecule has 6 rings (SSSR count). The van der Waals surface area contributed by atoms with Crippen LogP contribution in [0.25, 0.3) is 33.6 Å². The highest BCUT2D eigenvalue weighted by atomic mass is 19.1. The predicted molar refractivity (Wildman–Crippen MR) is 116 cm³/mol. The fraction of sp³-hybridized carbons (Fsp3) is 0.217. The van der Waals surface area contributed by atoms with E-state index in [9.17, 15) is 9.18 Å². The van der Waals surface area contributed by atoms with Crippen molar-refractivity contribution in [1.82, 2.24) is 28.9 Å². The van der Waals surface area contributed by atoms with Gasteiger partial charge in [-0.1, -0.05) is 23.4 Å². The maximum atomic E-state index is 13.9. The van der Waals surface area contributed by atoms with Gasteiger partial charge in [0.1, 0.15) is 29.0 Å². The molecule has 2 aromatic carbocycles. The summed E-state index contributed by atoms with van der Waals surface area (Å²) >= 11 is 0. The van der Waals surface area contributed by atoms with Gasteiger partial charge in [-0.3, -0.25) is 13.8 Å². The minimum absolute atomic E-state index is 0.0774. The van der Waals surface area contributed by atoms with Gasteiger partial charge in [-0.15, -0.1) is 5.10 Å². The fourth-order valence-corrected chi connectivity index (χ4v) is 4.60. The fourth-order valence-electron chi connectivity index (χ4n) is 4.60. The zero-order chi connectivity index (χ0) is 21.8. The lowest BCUT2D eigenvalue weighted by Gasteiger charge is -2.21. The molecule has 3 aromatic heterocycles. The minimum atomic E-state index is -0.387. The Hall–Kier alpha value is -3.85. The van der Waals surface area contributed by atoms with Crippen LogP contribution in [0.3, 0.4) is 0 Å². The first-order chi connectivity index (χ1) is 15.6. The Kier molecular flexibility index (Phi) is 4.19. The van der Waals surface area contributed by atoms with E-state index in [2.05, 4.69) is 15.3 Å². The van der Waals surface area contributed by atoms with Gasteiger partial charge in [0.25, 0.3) is 5.56 Å². The Morgan fingerprint density at radius 1 is 1.12 bits per heavy atom. The highest BCUT2D eigenvalue weighted by Gasteiger charge is 2.30. The average Bonchev–Trinajstić information content (AvgIpc) is 3.53. The van der Waals surface area contributed by atoms with Gasteiger partial charge >= 0.3 is 0 Å². The molecular weight excluding hydrogens is 411 g/mol. The molecule has 0 spiro atoms. The van der Waals surface area contributed by atoms with E-state index in [4.69, 9.17) is 4.74 Å². The largest absolute Gasteiger partial charge is 0.376 e. The number of halogens is 1. The first-order valence-corrected chi connectivity index (χ1v) is 10.4. The van der Waals surface area contributed by atoms with Crippen LogP contribution in [0.1, 0.15) is 19.4 Å². The molecule has 1 fully saturated rings. The quantitative estimate of drug-likeness (QED) is 0.438. The topological polar surface area (TPSA) is 79.2 Å². The molecule has 1 saturated heterocycles. The summed E-state index contributed by atoms with van der Waals surface area (Å²) in [6.07, 6.45) is 3.85. The van der Waals surface area contributed by atoms with E-state index < -0.39 is 0 Å². The second kappa shape index (κ2) is 7.10.